The number of rotatable bonds is 6. The number of hydrogen-bond acceptors (Lipinski definition) is 3. The molecule has 2 heterocycles. The van der Waals surface area contributed by atoms with Gasteiger partial charge in [0.2, 0.25) is 5.91 Å². The third kappa shape index (κ3) is 4.20. The van der Waals surface area contributed by atoms with Crippen LogP contribution in [0.3, 0.4) is 0 Å². The molecule has 126 valence electrons. The number of hydrogen-bond donors (Lipinski definition) is 0. The Morgan fingerprint density at radius 3 is 2.79 bits per heavy atom. The summed E-state index contributed by atoms with van der Waals surface area (Å²) in [5.74, 6) is 0.234. The highest BCUT2D eigenvalue weighted by Crippen LogP contribution is 2.27. The highest BCUT2D eigenvalue weighted by atomic mass is 16.2. The van der Waals surface area contributed by atoms with Crippen LogP contribution < -0.4 is 4.90 Å². The number of pyridine rings is 1. The molecule has 0 saturated heterocycles. The zero-order chi connectivity index (χ0) is 16.8. The lowest BCUT2D eigenvalue weighted by molar-refractivity contribution is -0.119. The molecule has 0 spiro atoms. The lowest BCUT2D eigenvalue weighted by atomic mass is 10.0. The third-order valence-corrected chi connectivity index (χ3v) is 4.65. The molecular weight excluding hydrogens is 298 g/mol. The van der Waals surface area contributed by atoms with E-state index in [0.29, 0.717) is 6.42 Å². The minimum Gasteiger partial charge on any atom is -0.312 e. The van der Waals surface area contributed by atoms with Crippen molar-refractivity contribution < 1.29 is 4.79 Å². The molecular formula is C20H25N3O. The maximum atomic E-state index is 12.6. The van der Waals surface area contributed by atoms with Crippen LogP contribution in [0, 0.1) is 0 Å². The van der Waals surface area contributed by atoms with Gasteiger partial charge in [-0.2, -0.15) is 0 Å². The van der Waals surface area contributed by atoms with E-state index in [1.165, 1.54) is 11.1 Å². The van der Waals surface area contributed by atoms with Crippen molar-refractivity contribution in [3.8, 4) is 0 Å². The molecule has 0 fully saturated rings. The number of aryl methyl sites for hydroxylation is 1. The van der Waals surface area contributed by atoms with E-state index in [1.807, 2.05) is 35.5 Å². The molecule has 0 atom stereocenters. The first-order chi connectivity index (χ1) is 11.7. The summed E-state index contributed by atoms with van der Waals surface area (Å²) in [4.78, 5) is 20.9. The predicted molar refractivity (Wildman–Crippen MR) is 97.2 cm³/mol. The third-order valence-electron chi connectivity index (χ3n) is 4.65. The number of fused-ring (bicyclic) bond motifs is 1. The Balaban J connectivity index is 1.49. The predicted octanol–water partition coefficient (Wildman–Crippen LogP) is 2.93. The Hall–Kier alpha value is -2.20. The molecule has 2 aromatic rings. The first kappa shape index (κ1) is 16.7. The van der Waals surface area contributed by atoms with Crippen molar-refractivity contribution in [2.45, 2.75) is 25.7 Å². The number of benzene rings is 1. The van der Waals surface area contributed by atoms with Gasteiger partial charge in [0.15, 0.2) is 0 Å². The average Bonchev–Trinajstić information content (AvgIpc) is 2.64. The summed E-state index contributed by atoms with van der Waals surface area (Å²) in [6.07, 6.45) is 7.34. The van der Waals surface area contributed by atoms with Gasteiger partial charge in [0.05, 0.1) is 0 Å². The average molecular weight is 323 g/mol. The molecule has 0 radical (unpaired) electrons. The van der Waals surface area contributed by atoms with E-state index in [4.69, 9.17) is 0 Å². The first-order valence-corrected chi connectivity index (χ1v) is 8.70. The second-order valence-corrected chi connectivity index (χ2v) is 6.44. The van der Waals surface area contributed by atoms with Gasteiger partial charge >= 0.3 is 0 Å². The van der Waals surface area contributed by atoms with Gasteiger partial charge in [-0.25, -0.2) is 0 Å². The van der Waals surface area contributed by atoms with Crippen LogP contribution in [0.15, 0.2) is 48.8 Å². The lowest BCUT2D eigenvalue weighted by Crippen LogP contribution is -2.37. The second-order valence-electron chi connectivity index (χ2n) is 6.44. The van der Waals surface area contributed by atoms with E-state index in [-0.39, 0.29) is 5.91 Å². The lowest BCUT2D eigenvalue weighted by Gasteiger charge is -2.30. The number of anilines is 1. The van der Waals surface area contributed by atoms with E-state index in [9.17, 15) is 4.79 Å². The van der Waals surface area contributed by atoms with Crippen molar-refractivity contribution >= 4 is 11.6 Å². The number of amides is 1. The standard InChI is InChI=1S/C20H25N3O/c1-22(15-10-17-8-12-21-13-9-17)16-11-20(24)23-14-4-6-18-5-2-3-7-19(18)23/h2-3,5,7-9,12-13H,4,6,10-11,14-16H2,1H3. The molecule has 3 rings (SSSR count). The van der Waals surface area contributed by atoms with Gasteiger partial charge in [0.25, 0.3) is 0 Å². The molecule has 1 aliphatic heterocycles. The highest BCUT2D eigenvalue weighted by Gasteiger charge is 2.21. The van der Waals surface area contributed by atoms with Crippen LogP contribution in [0.4, 0.5) is 5.69 Å². The summed E-state index contributed by atoms with van der Waals surface area (Å²) in [6.45, 7) is 2.59. The molecule has 1 aromatic carbocycles. The van der Waals surface area contributed by atoms with Gasteiger partial charge in [-0.05, 0) is 55.6 Å². The fourth-order valence-electron chi connectivity index (χ4n) is 3.20. The Labute approximate surface area is 144 Å². The maximum Gasteiger partial charge on any atom is 0.228 e. The molecule has 0 aliphatic carbocycles. The van der Waals surface area contributed by atoms with Crippen molar-refractivity contribution in [3.63, 3.8) is 0 Å². The van der Waals surface area contributed by atoms with E-state index in [2.05, 4.69) is 35.1 Å². The second kappa shape index (κ2) is 8.06. The van der Waals surface area contributed by atoms with Crippen molar-refractivity contribution in [2.75, 3.05) is 31.6 Å². The van der Waals surface area contributed by atoms with Gasteiger partial charge in [0.1, 0.15) is 0 Å². The number of para-hydroxylation sites is 1. The van der Waals surface area contributed by atoms with Crippen LogP contribution in [0.25, 0.3) is 0 Å². The van der Waals surface area contributed by atoms with E-state index >= 15 is 0 Å². The Morgan fingerprint density at radius 2 is 1.96 bits per heavy atom. The van der Waals surface area contributed by atoms with Gasteiger partial charge in [-0.3, -0.25) is 9.78 Å². The van der Waals surface area contributed by atoms with Crippen molar-refractivity contribution in [1.29, 1.82) is 0 Å². The van der Waals surface area contributed by atoms with Crippen molar-refractivity contribution in [3.05, 3.63) is 59.9 Å². The van der Waals surface area contributed by atoms with Crippen LogP contribution in [0.2, 0.25) is 0 Å². The number of nitrogens with zero attached hydrogens (tertiary/aromatic N) is 3. The molecule has 4 nitrogen and oxygen atoms in total. The first-order valence-electron chi connectivity index (χ1n) is 8.70. The SMILES string of the molecule is CN(CCC(=O)N1CCCc2ccccc21)CCc1ccncc1. The fraction of sp³-hybridized carbons (Fsp3) is 0.400. The summed E-state index contributed by atoms with van der Waals surface area (Å²) >= 11 is 0. The molecule has 1 aromatic heterocycles. The Bertz CT molecular complexity index is 672. The summed E-state index contributed by atoms with van der Waals surface area (Å²) < 4.78 is 0. The molecule has 0 bridgehead atoms. The number of carbonyl (C=O) groups excluding carboxylic acids is 1. The number of carbonyl (C=O) groups is 1. The smallest absolute Gasteiger partial charge is 0.228 e. The van der Waals surface area contributed by atoms with Crippen LogP contribution in [0.1, 0.15) is 24.0 Å². The van der Waals surface area contributed by atoms with Crippen LogP contribution in [-0.2, 0) is 17.6 Å². The molecule has 0 unspecified atom stereocenters. The van der Waals surface area contributed by atoms with E-state index in [0.717, 1.165) is 44.6 Å². The topological polar surface area (TPSA) is 36.4 Å². The summed E-state index contributed by atoms with van der Waals surface area (Å²) in [7, 11) is 2.08. The normalized spacial score (nSPS) is 13.8. The van der Waals surface area contributed by atoms with Crippen LogP contribution in [0.5, 0.6) is 0 Å². The monoisotopic (exact) mass is 323 g/mol. The maximum absolute atomic E-state index is 12.6. The summed E-state index contributed by atoms with van der Waals surface area (Å²) in [6, 6.07) is 12.4. The summed E-state index contributed by atoms with van der Waals surface area (Å²) in [5, 5.41) is 0. The minimum atomic E-state index is 0.234. The van der Waals surface area contributed by atoms with Crippen molar-refractivity contribution in [2.24, 2.45) is 0 Å². The largest absolute Gasteiger partial charge is 0.312 e. The quantitative estimate of drug-likeness (QED) is 0.820. The zero-order valence-electron chi connectivity index (χ0n) is 14.3. The van der Waals surface area contributed by atoms with Crippen LogP contribution in [-0.4, -0.2) is 42.5 Å². The fourth-order valence-corrected chi connectivity index (χ4v) is 3.20. The van der Waals surface area contributed by atoms with E-state index < -0.39 is 0 Å². The number of aromatic nitrogens is 1. The molecule has 4 heteroatoms. The Morgan fingerprint density at radius 1 is 1.17 bits per heavy atom. The number of likely N-dealkylation sites (N-methyl/N-ethyl adjacent to an activating group) is 1. The minimum absolute atomic E-state index is 0.234. The van der Waals surface area contributed by atoms with Gasteiger partial charge in [-0.15, -0.1) is 0 Å². The molecule has 0 N–H and O–H groups in total. The summed E-state index contributed by atoms with van der Waals surface area (Å²) in [5.41, 5.74) is 3.68. The van der Waals surface area contributed by atoms with Gasteiger partial charge in [-0.1, -0.05) is 18.2 Å². The van der Waals surface area contributed by atoms with E-state index in [1.54, 1.807) is 0 Å². The molecule has 1 amide bonds. The highest BCUT2D eigenvalue weighted by molar-refractivity contribution is 5.94. The van der Waals surface area contributed by atoms with Crippen LogP contribution >= 0.6 is 0 Å². The van der Waals surface area contributed by atoms with Crippen molar-refractivity contribution in [1.82, 2.24) is 9.88 Å². The Kier molecular flexibility index (Phi) is 5.59. The molecule has 1 aliphatic rings. The zero-order valence-corrected chi connectivity index (χ0v) is 14.3. The van der Waals surface area contributed by atoms with Gasteiger partial charge in [0, 0.05) is 44.1 Å². The van der Waals surface area contributed by atoms with Gasteiger partial charge < -0.3 is 9.80 Å². The molecule has 24 heavy (non-hydrogen) atoms. The molecule has 0 saturated carbocycles.